The van der Waals surface area contributed by atoms with Crippen LogP contribution in [0.5, 0.6) is 0 Å². The van der Waals surface area contributed by atoms with E-state index in [1.54, 1.807) is 4.90 Å². The van der Waals surface area contributed by atoms with E-state index in [2.05, 4.69) is 19.2 Å². The molecule has 0 aromatic carbocycles. The van der Waals surface area contributed by atoms with Crippen LogP contribution < -0.4 is 5.32 Å². The Kier molecular flexibility index (Phi) is 6.99. The highest BCUT2D eigenvalue weighted by Gasteiger charge is 2.44. The second-order valence-corrected chi connectivity index (χ2v) is 6.19. The number of hydrogen-bond acceptors (Lipinski definition) is 2. The molecule has 2 amide bonds. The van der Waals surface area contributed by atoms with Crippen molar-refractivity contribution < 1.29 is 14.7 Å². The summed E-state index contributed by atoms with van der Waals surface area (Å²) in [4.78, 5) is 25.4. The topological polar surface area (TPSA) is 69.6 Å². The third-order valence-corrected chi connectivity index (χ3v) is 4.64. The summed E-state index contributed by atoms with van der Waals surface area (Å²) < 4.78 is 0. The molecule has 2 unspecified atom stereocenters. The maximum absolute atomic E-state index is 12.3. The number of carbonyl (C=O) groups is 2. The molecule has 21 heavy (non-hydrogen) atoms. The van der Waals surface area contributed by atoms with Crippen LogP contribution in [0.4, 0.5) is 4.79 Å². The van der Waals surface area contributed by atoms with Crippen molar-refractivity contribution in [3.63, 3.8) is 0 Å². The van der Waals surface area contributed by atoms with Gasteiger partial charge in [-0.25, -0.2) is 4.79 Å². The average Bonchev–Trinajstić information content (AvgIpc) is 2.91. The van der Waals surface area contributed by atoms with E-state index in [9.17, 15) is 14.7 Å². The maximum Gasteiger partial charge on any atom is 0.317 e. The summed E-state index contributed by atoms with van der Waals surface area (Å²) in [6.07, 6.45) is 6.39. The number of nitrogens with one attached hydrogen (secondary N) is 1. The van der Waals surface area contributed by atoms with Crippen LogP contribution in [0, 0.1) is 5.41 Å². The Morgan fingerprint density at radius 3 is 2.43 bits per heavy atom. The van der Waals surface area contributed by atoms with Crippen molar-refractivity contribution in [1.82, 2.24) is 10.2 Å². The van der Waals surface area contributed by atoms with Crippen LogP contribution >= 0.6 is 0 Å². The lowest BCUT2D eigenvalue weighted by atomic mass is 9.84. The van der Waals surface area contributed by atoms with E-state index in [1.165, 1.54) is 0 Å². The molecule has 1 rings (SSSR count). The Bertz CT molecular complexity index is 359. The van der Waals surface area contributed by atoms with Crippen LogP contribution in [0.1, 0.15) is 65.7 Å². The molecule has 2 atom stereocenters. The Morgan fingerprint density at radius 1 is 1.24 bits per heavy atom. The molecule has 0 bridgehead atoms. The SMILES string of the molecule is CCCCC(CCC)NC(=O)N1CCC(CC)(C(=O)O)C1. The number of nitrogens with zero attached hydrogens (tertiary/aromatic N) is 1. The number of hydrogen-bond donors (Lipinski definition) is 2. The summed E-state index contributed by atoms with van der Waals surface area (Å²) in [5.74, 6) is -0.781. The zero-order valence-corrected chi connectivity index (χ0v) is 13.7. The number of unbranched alkanes of at least 4 members (excludes halogenated alkanes) is 1. The molecule has 122 valence electrons. The van der Waals surface area contributed by atoms with Gasteiger partial charge in [0.1, 0.15) is 0 Å². The maximum atomic E-state index is 12.3. The Morgan fingerprint density at radius 2 is 1.95 bits per heavy atom. The molecule has 5 nitrogen and oxygen atoms in total. The summed E-state index contributed by atoms with van der Waals surface area (Å²) in [5, 5.41) is 12.5. The van der Waals surface area contributed by atoms with Crippen molar-refractivity contribution in [2.24, 2.45) is 5.41 Å². The van der Waals surface area contributed by atoms with Gasteiger partial charge in [-0.2, -0.15) is 0 Å². The molecule has 1 saturated heterocycles. The van der Waals surface area contributed by atoms with Crippen molar-refractivity contribution in [3.05, 3.63) is 0 Å². The van der Waals surface area contributed by atoms with E-state index in [1.807, 2.05) is 6.92 Å². The van der Waals surface area contributed by atoms with Gasteiger partial charge in [0, 0.05) is 19.1 Å². The Hall–Kier alpha value is -1.26. The molecule has 0 aromatic rings. The predicted octanol–water partition coefficient (Wildman–Crippen LogP) is 3.24. The number of rotatable bonds is 8. The summed E-state index contributed by atoms with van der Waals surface area (Å²) >= 11 is 0. The van der Waals surface area contributed by atoms with Gasteiger partial charge in [0.05, 0.1) is 5.41 Å². The molecule has 0 radical (unpaired) electrons. The molecule has 0 aromatic heterocycles. The first-order chi connectivity index (χ1) is 9.99. The second-order valence-electron chi connectivity index (χ2n) is 6.19. The quantitative estimate of drug-likeness (QED) is 0.722. The van der Waals surface area contributed by atoms with Gasteiger partial charge < -0.3 is 15.3 Å². The van der Waals surface area contributed by atoms with Crippen LogP contribution in [0.2, 0.25) is 0 Å². The highest BCUT2D eigenvalue weighted by molar-refractivity contribution is 5.79. The molecule has 1 aliphatic heterocycles. The van der Waals surface area contributed by atoms with E-state index < -0.39 is 11.4 Å². The fourth-order valence-electron chi connectivity index (χ4n) is 3.01. The van der Waals surface area contributed by atoms with Crippen molar-refractivity contribution in [2.75, 3.05) is 13.1 Å². The Labute approximate surface area is 128 Å². The summed E-state index contributed by atoms with van der Waals surface area (Å²) in [5.41, 5.74) is -0.749. The standard InChI is InChI=1S/C16H30N2O3/c1-4-7-9-13(8-5-2)17-15(21)18-11-10-16(6-3,12-18)14(19)20/h13H,4-12H2,1-3H3,(H,17,21)(H,19,20). The average molecular weight is 298 g/mol. The van der Waals surface area contributed by atoms with Gasteiger partial charge in [0.2, 0.25) is 0 Å². The number of carboxylic acids is 1. The molecule has 1 heterocycles. The van der Waals surface area contributed by atoms with Gasteiger partial charge in [-0.15, -0.1) is 0 Å². The molecule has 0 saturated carbocycles. The molecule has 2 N–H and O–H groups in total. The van der Waals surface area contributed by atoms with E-state index in [4.69, 9.17) is 0 Å². The van der Waals surface area contributed by atoms with Gasteiger partial charge in [-0.1, -0.05) is 40.0 Å². The largest absolute Gasteiger partial charge is 0.481 e. The lowest BCUT2D eigenvalue weighted by Crippen LogP contribution is -2.45. The van der Waals surface area contributed by atoms with Gasteiger partial charge in [0.25, 0.3) is 0 Å². The number of urea groups is 1. The number of carboxylic acid groups (broad SMARTS) is 1. The van der Waals surface area contributed by atoms with E-state index in [0.29, 0.717) is 25.9 Å². The minimum atomic E-state index is -0.781. The summed E-state index contributed by atoms with van der Waals surface area (Å²) in [6.45, 7) is 7.02. The van der Waals surface area contributed by atoms with Crippen LogP contribution in [0.3, 0.4) is 0 Å². The third-order valence-electron chi connectivity index (χ3n) is 4.64. The number of aliphatic carboxylic acids is 1. The number of carbonyl (C=O) groups excluding carboxylic acids is 1. The highest BCUT2D eigenvalue weighted by Crippen LogP contribution is 2.34. The molecule has 1 fully saturated rings. The Balaban J connectivity index is 2.57. The first-order valence-electron chi connectivity index (χ1n) is 8.28. The lowest BCUT2D eigenvalue weighted by Gasteiger charge is -2.25. The number of amides is 2. The first kappa shape index (κ1) is 17.8. The van der Waals surface area contributed by atoms with Crippen LogP contribution in [0.25, 0.3) is 0 Å². The molecular weight excluding hydrogens is 268 g/mol. The predicted molar refractivity (Wildman–Crippen MR) is 83.3 cm³/mol. The van der Waals surface area contributed by atoms with Crippen molar-refractivity contribution >= 4 is 12.0 Å². The molecule has 1 aliphatic rings. The van der Waals surface area contributed by atoms with Gasteiger partial charge in [-0.05, 0) is 25.7 Å². The van der Waals surface area contributed by atoms with Crippen molar-refractivity contribution in [3.8, 4) is 0 Å². The lowest BCUT2D eigenvalue weighted by molar-refractivity contribution is -0.148. The zero-order valence-electron chi connectivity index (χ0n) is 13.7. The summed E-state index contributed by atoms with van der Waals surface area (Å²) in [6, 6.07) is 0.116. The first-order valence-corrected chi connectivity index (χ1v) is 8.28. The van der Waals surface area contributed by atoms with E-state index in [-0.39, 0.29) is 12.1 Å². The van der Waals surface area contributed by atoms with Gasteiger partial charge in [-0.3, -0.25) is 4.79 Å². The third kappa shape index (κ3) is 4.61. The molecule has 0 spiro atoms. The van der Waals surface area contributed by atoms with E-state index in [0.717, 1.165) is 32.1 Å². The minimum Gasteiger partial charge on any atom is -0.481 e. The minimum absolute atomic E-state index is 0.0962. The molecule has 5 heteroatoms. The van der Waals surface area contributed by atoms with Crippen LogP contribution in [-0.2, 0) is 4.79 Å². The molecular formula is C16H30N2O3. The number of likely N-dealkylation sites (tertiary alicyclic amines) is 1. The highest BCUT2D eigenvalue weighted by atomic mass is 16.4. The van der Waals surface area contributed by atoms with Gasteiger partial charge in [0.15, 0.2) is 0 Å². The van der Waals surface area contributed by atoms with E-state index >= 15 is 0 Å². The van der Waals surface area contributed by atoms with Crippen molar-refractivity contribution in [2.45, 2.75) is 71.8 Å². The normalized spacial score (nSPS) is 23.1. The van der Waals surface area contributed by atoms with Crippen LogP contribution in [0.15, 0.2) is 0 Å². The monoisotopic (exact) mass is 298 g/mol. The smallest absolute Gasteiger partial charge is 0.317 e. The fraction of sp³-hybridized carbons (Fsp3) is 0.875. The zero-order chi connectivity index (χ0) is 15.9. The van der Waals surface area contributed by atoms with Crippen LogP contribution in [-0.4, -0.2) is 41.1 Å². The summed E-state index contributed by atoms with van der Waals surface area (Å²) in [7, 11) is 0. The van der Waals surface area contributed by atoms with Gasteiger partial charge >= 0.3 is 12.0 Å². The molecule has 0 aliphatic carbocycles. The van der Waals surface area contributed by atoms with Crippen molar-refractivity contribution in [1.29, 1.82) is 0 Å². The fourth-order valence-corrected chi connectivity index (χ4v) is 3.01. The second kappa shape index (κ2) is 8.25.